The maximum Gasteiger partial charge on any atom is 0.249 e. The van der Waals surface area contributed by atoms with Crippen LogP contribution in [0.2, 0.25) is 0 Å². The fourth-order valence-corrected chi connectivity index (χ4v) is 4.68. The highest BCUT2D eigenvalue weighted by Crippen LogP contribution is 2.13. The third-order valence-corrected chi connectivity index (χ3v) is 7.38. The topological polar surface area (TPSA) is 110 Å². The first-order valence-electron chi connectivity index (χ1n) is 16.2. The van der Waals surface area contributed by atoms with Crippen LogP contribution in [0.5, 0.6) is 0 Å². The fraction of sp³-hybridized carbons (Fsp3) is 0.848. The van der Waals surface area contributed by atoms with Crippen molar-refractivity contribution in [2.24, 2.45) is 0 Å². The third-order valence-electron chi connectivity index (χ3n) is 7.38. The van der Waals surface area contributed by atoms with Crippen LogP contribution in [0.25, 0.3) is 0 Å². The Bertz CT molecular complexity index is 595. The van der Waals surface area contributed by atoms with Crippen LogP contribution in [-0.4, -0.2) is 57.3 Å². The van der Waals surface area contributed by atoms with Crippen molar-refractivity contribution in [2.45, 2.75) is 173 Å². The zero-order valence-electron chi connectivity index (χ0n) is 25.4. The van der Waals surface area contributed by atoms with Gasteiger partial charge in [0.05, 0.1) is 18.8 Å². The average molecular weight is 554 g/mol. The molecule has 5 N–H and O–H groups in total. The van der Waals surface area contributed by atoms with E-state index in [9.17, 15) is 25.2 Å². The molecule has 0 aliphatic rings. The van der Waals surface area contributed by atoms with E-state index in [1.54, 1.807) is 0 Å². The van der Waals surface area contributed by atoms with Crippen LogP contribution in [0.3, 0.4) is 0 Å². The summed E-state index contributed by atoms with van der Waals surface area (Å²) in [5.41, 5.74) is 0. The summed E-state index contributed by atoms with van der Waals surface area (Å²) in [6.07, 6.45) is 27.9. The maximum atomic E-state index is 12.3. The summed E-state index contributed by atoms with van der Waals surface area (Å²) in [4.78, 5) is 12.3. The molecule has 4 atom stereocenters. The van der Waals surface area contributed by atoms with Crippen LogP contribution in [-0.2, 0) is 4.79 Å². The van der Waals surface area contributed by atoms with Crippen LogP contribution in [0.4, 0.5) is 0 Å². The lowest BCUT2D eigenvalue weighted by Crippen LogP contribution is -2.53. The van der Waals surface area contributed by atoms with Crippen molar-refractivity contribution in [3.63, 3.8) is 0 Å². The molecule has 39 heavy (non-hydrogen) atoms. The number of nitrogens with one attached hydrogen (secondary N) is 1. The first-order chi connectivity index (χ1) is 19.0. The first kappa shape index (κ1) is 37.8. The minimum absolute atomic E-state index is 0.355. The Balaban J connectivity index is 3.86. The quantitative estimate of drug-likeness (QED) is 0.0535. The molecule has 0 aromatic carbocycles. The van der Waals surface area contributed by atoms with Crippen LogP contribution >= 0.6 is 0 Å². The molecule has 0 radical (unpaired) electrons. The highest BCUT2D eigenvalue weighted by molar-refractivity contribution is 5.80. The standard InChI is InChI=1S/C33H63NO5/c1-3-5-7-9-11-12-13-14-15-16-17-18-19-21-23-25-27-31(37)33(39)34-29(28-35)32(38)30(36)26-24-22-20-10-8-6-4-2/h10,14-15,20,29-32,35-38H,3-9,11-13,16-19,21-28H2,1-2H3,(H,34,39)/b15-14-,20-10+. The second kappa shape index (κ2) is 28.3. The zero-order valence-corrected chi connectivity index (χ0v) is 25.4. The number of amides is 1. The molecule has 4 unspecified atom stereocenters. The predicted octanol–water partition coefficient (Wildman–Crippen LogP) is 6.89. The van der Waals surface area contributed by atoms with Crippen molar-refractivity contribution >= 4 is 5.91 Å². The van der Waals surface area contributed by atoms with Gasteiger partial charge in [0.2, 0.25) is 5.91 Å². The average Bonchev–Trinajstić information content (AvgIpc) is 2.94. The van der Waals surface area contributed by atoms with E-state index in [0.29, 0.717) is 19.3 Å². The second-order valence-corrected chi connectivity index (χ2v) is 11.1. The molecule has 0 bridgehead atoms. The summed E-state index contributed by atoms with van der Waals surface area (Å²) in [5.74, 6) is -0.605. The molecular weight excluding hydrogens is 490 g/mol. The molecule has 0 fully saturated rings. The molecule has 0 rings (SSSR count). The van der Waals surface area contributed by atoms with Gasteiger partial charge in [-0.25, -0.2) is 0 Å². The summed E-state index contributed by atoms with van der Waals surface area (Å²) < 4.78 is 0. The van der Waals surface area contributed by atoms with Gasteiger partial charge in [0.25, 0.3) is 0 Å². The maximum absolute atomic E-state index is 12.3. The van der Waals surface area contributed by atoms with Gasteiger partial charge in [-0.05, 0) is 57.8 Å². The summed E-state index contributed by atoms with van der Waals surface area (Å²) in [5, 5.41) is 43.0. The molecule has 0 aromatic rings. The number of allylic oxidation sites excluding steroid dienone is 4. The zero-order chi connectivity index (χ0) is 29.0. The molecule has 0 saturated carbocycles. The van der Waals surface area contributed by atoms with Crippen molar-refractivity contribution in [3.8, 4) is 0 Å². The number of hydrogen-bond acceptors (Lipinski definition) is 5. The van der Waals surface area contributed by atoms with E-state index in [0.717, 1.165) is 44.9 Å². The highest BCUT2D eigenvalue weighted by Gasteiger charge is 2.28. The van der Waals surface area contributed by atoms with Crippen LogP contribution < -0.4 is 5.32 Å². The van der Waals surface area contributed by atoms with Crippen LogP contribution in [0, 0.1) is 0 Å². The highest BCUT2D eigenvalue weighted by atomic mass is 16.3. The van der Waals surface area contributed by atoms with Gasteiger partial charge in [0, 0.05) is 0 Å². The van der Waals surface area contributed by atoms with E-state index in [2.05, 4.69) is 43.5 Å². The van der Waals surface area contributed by atoms with Crippen LogP contribution in [0.15, 0.2) is 24.3 Å². The van der Waals surface area contributed by atoms with Crippen LogP contribution in [0.1, 0.15) is 149 Å². The van der Waals surface area contributed by atoms with Crippen molar-refractivity contribution in [2.75, 3.05) is 6.61 Å². The van der Waals surface area contributed by atoms with E-state index in [1.807, 2.05) is 0 Å². The number of aliphatic hydroxyl groups excluding tert-OH is 4. The lowest BCUT2D eigenvalue weighted by molar-refractivity contribution is -0.132. The number of unbranched alkanes of at least 4 members (excludes halogenated alkanes) is 15. The molecule has 0 aliphatic carbocycles. The molecule has 6 nitrogen and oxygen atoms in total. The Labute approximate surface area is 240 Å². The van der Waals surface area contributed by atoms with Gasteiger partial charge in [-0.15, -0.1) is 0 Å². The van der Waals surface area contributed by atoms with Gasteiger partial charge in [-0.3, -0.25) is 4.79 Å². The van der Waals surface area contributed by atoms with Crippen molar-refractivity contribution < 1.29 is 25.2 Å². The molecular formula is C33H63NO5. The summed E-state index contributed by atoms with van der Waals surface area (Å²) in [6.45, 7) is 3.91. The third kappa shape index (κ3) is 23.2. The first-order valence-corrected chi connectivity index (χ1v) is 16.2. The van der Waals surface area contributed by atoms with Gasteiger partial charge in [-0.1, -0.05) is 115 Å². The van der Waals surface area contributed by atoms with Crippen molar-refractivity contribution in [3.05, 3.63) is 24.3 Å². The summed E-state index contributed by atoms with van der Waals surface area (Å²) in [6, 6.07) is -0.998. The lowest BCUT2D eigenvalue weighted by Gasteiger charge is -2.27. The second-order valence-electron chi connectivity index (χ2n) is 11.1. The minimum Gasteiger partial charge on any atom is -0.394 e. The molecule has 0 saturated heterocycles. The Kier molecular flexibility index (Phi) is 27.4. The normalized spacial score (nSPS) is 15.1. The number of aliphatic hydroxyl groups is 4. The number of carbonyl (C=O) groups excluding carboxylic acids is 1. The Morgan fingerprint density at radius 1 is 0.615 bits per heavy atom. The van der Waals surface area contributed by atoms with Gasteiger partial charge in [-0.2, -0.15) is 0 Å². The Hall–Kier alpha value is -1.21. The SMILES string of the molecule is CCCC/C=C/CCCC(O)C(O)C(CO)NC(=O)C(O)CCCCCCCC/C=C\CCCCCCCC. The summed E-state index contributed by atoms with van der Waals surface area (Å²) in [7, 11) is 0. The predicted molar refractivity (Wildman–Crippen MR) is 164 cm³/mol. The van der Waals surface area contributed by atoms with Crippen molar-refractivity contribution in [1.29, 1.82) is 0 Å². The van der Waals surface area contributed by atoms with E-state index in [1.165, 1.54) is 70.6 Å². The van der Waals surface area contributed by atoms with Gasteiger partial charge in [0.15, 0.2) is 0 Å². The van der Waals surface area contributed by atoms with Gasteiger partial charge >= 0.3 is 0 Å². The number of carbonyl (C=O) groups is 1. The van der Waals surface area contributed by atoms with E-state index < -0.39 is 36.9 Å². The largest absolute Gasteiger partial charge is 0.394 e. The number of rotatable bonds is 28. The Morgan fingerprint density at radius 2 is 1.08 bits per heavy atom. The summed E-state index contributed by atoms with van der Waals surface area (Å²) >= 11 is 0. The van der Waals surface area contributed by atoms with E-state index in [-0.39, 0.29) is 0 Å². The molecule has 6 heteroatoms. The van der Waals surface area contributed by atoms with Gasteiger partial charge in [0.1, 0.15) is 12.2 Å². The fourth-order valence-electron chi connectivity index (χ4n) is 4.68. The van der Waals surface area contributed by atoms with Crippen molar-refractivity contribution in [1.82, 2.24) is 5.32 Å². The molecule has 0 aliphatic heterocycles. The molecule has 230 valence electrons. The molecule has 1 amide bonds. The minimum atomic E-state index is -1.28. The Morgan fingerprint density at radius 3 is 1.62 bits per heavy atom. The molecule has 0 aromatic heterocycles. The van der Waals surface area contributed by atoms with E-state index in [4.69, 9.17) is 0 Å². The lowest BCUT2D eigenvalue weighted by atomic mass is 10.00. The molecule has 0 spiro atoms. The monoisotopic (exact) mass is 553 g/mol. The van der Waals surface area contributed by atoms with E-state index >= 15 is 0 Å². The number of hydrogen-bond donors (Lipinski definition) is 5. The smallest absolute Gasteiger partial charge is 0.249 e. The van der Waals surface area contributed by atoms with Gasteiger partial charge < -0.3 is 25.7 Å². The molecule has 0 heterocycles.